The van der Waals surface area contributed by atoms with Gasteiger partial charge in [-0.1, -0.05) is 0 Å². The van der Waals surface area contributed by atoms with Crippen LogP contribution in [0.4, 0.5) is 0 Å². The van der Waals surface area contributed by atoms with Crippen LogP contribution in [0.3, 0.4) is 0 Å². The molecular weight excluding hydrogens is 164 g/mol. The summed E-state index contributed by atoms with van der Waals surface area (Å²) in [7, 11) is 4.34. The van der Waals surface area contributed by atoms with E-state index in [1.165, 1.54) is 19.3 Å². The van der Waals surface area contributed by atoms with Crippen LogP contribution in [0.1, 0.15) is 19.3 Å². The highest BCUT2D eigenvalue weighted by molar-refractivity contribution is 4.90. The Kier molecular flexibility index (Phi) is 2.86. The zero-order chi connectivity index (χ0) is 9.26. The fraction of sp³-hybridized carbons (Fsp3) is 1.00. The second-order valence-corrected chi connectivity index (χ2v) is 4.40. The lowest BCUT2D eigenvalue weighted by Crippen LogP contribution is -2.54. The minimum Gasteiger partial charge on any atom is -0.375 e. The van der Waals surface area contributed by atoms with Crippen LogP contribution < -0.4 is 5.32 Å². The Balaban J connectivity index is 1.91. The van der Waals surface area contributed by atoms with Gasteiger partial charge in [0.1, 0.15) is 0 Å². The van der Waals surface area contributed by atoms with E-state index in [4.69, 9.17) is 4.74 Å². The van der Waals surface area contributed by atoms with Gasteiger partial charge >= 0.3 is 0 Å². The molecule has 1 saturated heterocycles. The average molecular weight is 184 g/mol. The number of nitrogens with zero attached hydrogens (tertiary/aromatic N) is 1. The number of ether oxygens (including phenoxy) is 1. The van der Waals surface area contributed by atoms with Gasteiger partial charge in [0.2, 0.25) is 0 Å². The van der Waals surface area contributed by atoms with Crippen LogP contribution in [-0.2, 0) is 4.74 Å². The number of hydrogen-bond acceptors (Lipinski definition) is 3. The molecule has 0 amide bonds. The van der Waals surface area contributed by atoms with Crippen molar-refractivity contribution in [2.75, 3.05) is 27.2 Å². The minimum absolute atomic E-state index is 0.467. The third kappa shape index (κ3) is 2.03. The van der Waals surface area contributed by atoms with E-state index in [-0.39, 0.29) is 0 Å². The molecule has 1 heterocycles. The van der Waals surface area contributed by atoms with E-state index in [0.29, 0.717) is 12.1 Å². The van der Waals surface area contributed by atoms with Crippen molar-refractivity contribution in [1.29, 1.82) is 0 Å². The predicted octanol–water partition coefficient (Wildman–Crippen LogP) is 0.457. The Labute approximate surface area is 80.4 Å². The van der Waals surface area contributed by atoms with Crippen molar-refractivity contribution in [3.63, 3.8) is 0 Å². The zero-order valence-electron chi connectivity index (χ0n) is 8.62. The maximum Gasteiger partial charge on any atom is 0.0743 e. The Morgan fingerprint density at radius 1 is 1.31 bits per heavy atom. The van der Waals surface area contributed by atoms with Crippen molar-refractivity contribution in [2.24, 2.45) is 0 Å². The van der Waals surface area contributed by atoms with Gasteiger partial charge in [0.05, 0.1) is 12.7 Å². The van der Waals surface area contributed by atoms with E-state index >= 15 is 0 Å². The second-order valence-electron chi connectivity index (χ2n) is 4.40. The van der Waals surface area contributed by atoms with Crippen LogP contribution in [0, 0.1) is 0 Å². The van der Waals surface area contributed by atoms with Gasteiger partial charge in [0.15, 0.2) is 0 Å². The summed E-state index contributed by atoms with van der Waals surface area (Å²) in [5.74, 6) is 0. The summed E-state index contributed by atoms with van der Waals surface area (Å²) in [5.41, 5.74) is 0. The third-order valence-corrected chi connectivity index (χ3v) is 3.33. The predicted molar refractivity (Wildman–Crippen MR) is 52.9 cm³/mol. The maximum atomic E-state index is 5.77. The highest BCUT2D eigenvalue weighted by atomic mass is 16.5. The van der Waals surface area contributed by atoms with E-state index in [0.717, 1.165) is 19.2 Å². The molecule has 2 rings (SSSR count). The van der Waals surface area contributed by atoms with Gasteiger partial charge in [0.25, 0.3) is 0 Å². The van der Waals surface area contributed by atoms with E-state index in [1.807, 2.05) is 0 Å². The molecule has 3 atom stereocenters. The summed E-state index contributed by atoms with van der Waals surface area (Å²) in [4.78, 5) is 2.33. The largest absolute Gasteiger partial charge is 0.375 e. The maximum absolute atomic E-state index is 5.77. The molecule has 1 N–H and O–H groups in total. The van der Waals surface area contributed by atoms with Gasteiger partial charge in [-0.3, -0.25) is 0 Å². The first kappa shape index (κ1) is 9.44. The molecule has 0 aromatic heterocycles. The van der Waals surface area contributed by atoms with Gasteiger partial charge in [-0.25, -0.2) is 0 Å². The van der Waals surface area contributed by atoms with E-state index in [2.05, 4.69) is 24.3 Å². The number of fused-ring (bicyclic) bond motifs is 1. The first-order chi connectivity index (χ1) is 6.27. The van der Waals surface area contributed by atoms with Crippen LogP contribution in [0.5, 0.6) is 0 Å². The van der Waals surface area contributed by atoms with Gasteiger partial charge in [0, 0.05) is 18.6 Å². The lowest BCUT2D eigenvalue weighted by Gasteiger charge is -2.41. The van der Waals surface area contributed by atoms with Crippen molar-refractivity contribution < 1.29 is 4.74 Å². The molecule has 13 heavy (non-hydrogen) atoms. The molecule has 0 unspecified atom stereocenters. The molecule has 76 valence electrons. The molecule has 3 heteroatoms. The van der Waals surface area contributed by atoms with E-state index < -0.39 is 0 Å². The average Bonchev–Trinajstić information content (AvgIpc) is 2.17. The van der Waals surface area contributed by atoms with Crippen molar-refractivity contribution in [1.82, 2.24) is 10.2 Å². The number of nitrogens with one attached hydrogen (secondary N) is 1. The van der Waals surface area contributed by atoms with Crippen molar-refractivity contribution in [3.8, 4) is 0 Å². The molecule has 1 aliphatic heterocycles. The summed E-state index contributed by atoms with van der Waals surface area (Å²) in [6.07, 6.45) is 4.25. The Morgan fingerprint density at radius 3 is 2.92 bits per heavy atom. The molecule has 0 bridgehead atoms. The Morgan fingerprint density at radius 2 is 2.15 bits per heavy atom. The van der Waals surface area contributed by atoms with Gasteiger partial charge < -0.3 is 15.0 Å². The first-order valence-corrected chi connectivity index (χ1v) is 5.29. The summed E-state index contributed by atoms with van der Waals surface area (Å²) < 4.78 is 5.77. The lowest BCUT2D eigenvalue weighted by molar-refractivity contribution is -0.0413. The van der Waals surface area contributed by atoms with Crippen molar-refractivity contribution >= 4 is 0 Å². The van der Waals surface area contributed by atoms with E-state index in [9.17, 15) is 0 Å². The smallest absolute Gasteiger partial charge is 0.0743 e. The van der Waals surface area contributed by atoms with Crippen LogP contribution in [0.25, 0.3) is 0 Å². The lowest BCUT2D eigenvalue weighted by atomic mass is 9.87. The van der Waals surface area contributed by atoms with Gasteiger partial charge in [-0.2, -0.15) is 0 Å². The minimum atomic E-state index is 0.467. The molecule has 2 fully saturated rings. The normalized spacial score (nSPS) is 40.4. The molecule has 0 aromatic rings. The monoisotopic (exact) mass is 184 g/mol. The summed E-state index contributed by atoms with van der Waals surface area (Å²) in [6.45, 7) is 1.93. The molecule has 0 aromatic carbocycles. The number of hydrogen-bond donors (Lipinski definition) is 1. The highest BCUT2D eigenvalue weighted by Crippen LogP contribution is 2.25. The molecule has 0 radical (unpaired) electrons. The molecule has 2 aliphatic rings. The SMILES string of the molecule is CN(C)[C@H]1CC[C@H]2NCCO[C@@H]2C1. The van der Waals surface area contributed by atoms with Crippen LogP contribution in [-0.4, -0.2) is 50.3 Å². The van der Waals surface area contributed by atoms with Gasteiger partial charge in [-0.05, 0) is 33.4 Å². The standard InChI is InChI=1S/C10H20N2O/c1-12(2)8-3-4-9-10(7-8)13-6-5-11-9/h8-11H,3-7H2,1-2H3/t8-,9+,10+/m0/s1. The molecule has 3 nitrogen and oxygen atoms in total. The Hall–Kier alpha value is -0.120. The number of morpholine rings is 1. The summed E-state index contributed by atoms with van der Waals surface area (Å²) in [6, 6.07) is 1.35. The highest BCUT2D eigenvalue weighted by Gasteiger charge is 2.33. The van der Waals surface area contributed by atoms with Crippen molar-refractivity contribution in [2.45, 2.75) is 37.5 Å². The van der Waals surface area contributed by atoms with Crippen LogP contribution in [0.15, 0.2) is 0 Å². The number of rotatable bonds is 1. The molecule has 1 aliphatic carbocycles. The second kappa shape index (κ2) is 3.95. The molecule has 1 saturated carbocycles. The fourth-order valence-electron chi connectivity index (χ4n) is 2.45. The topological polar surface area (TPSA) is 24.5 Å². The van der Waals surface area contributed by atoms with Crippen LogP contribution in [0.2, 0.25) is 0 Å². The first-order valence-electron chi connectivity index (χ1n) is 5.29. The molecular formula is C10H20N2O. The summed E-state index contributed by atoms with van der Waals surface area (Å²) >= 11 is 0. The quantitative estimate of drug-likeness (QED) is 0.640. The summed E-state index contributed by atoms with van der Waals surface area (Å²) in [5, 5.41) is 3.54. The Bertz CT molecular complexity index is 172. The van der Waals surface area contributed by atoms with Gasteiger partial charge in [-0.15, -0.1) is 0 Å². The molecule has 0 spiro atoms. The van der Waals surface area contributed by atoms with E-state index in [1.54, 1.807) is 0 Å². The van der Waals surface area contributed by atoms with Crippen LogP contribution >= 0.6 is 0 Å². The fourth-order valence-corrected chi connectivity index (χ4v) is 2.45. The van der Waals surface area contributed by atoms with Crippen molar-refractivity contribution in [3.05, 3.63) is 0 Å². The zero-order valence-corrected chi connectivity index (χ0v) is 8.62. The third-order valence-electron chi connectivity index (χ3n) is 3.33.